The van der Waals surface area contributed by atoms with Gasteiger partial charge in [-0.25, -0.2) is 0 Å². The lowest BCUT2D eigenvalue weighted by Gasteiger charge is -2.20. The van der Waals surface area contributed by atoms with Gasteiger partial charge in [0.2, 0.25) is 0 Å². The summed E-state index contributed by atoms with van der Waals surface area (Å²) in [6, 6.07) is 0. The van der Waals surface area contributed by atoms with Crippen LogP contribution in [0.25, 0.3) is 0 Å². The van der Waals surface area contributed by atoms with E-state index in [4.69, 9.17) is 0 Å². The number of hydrogen-bond acceptors (Lipinski definition) is 2. The molecule has 0 saturated heterocycles. The van der Waals surface area contributed by atoms with Crippen LogP contribution >= 0.6 is 15.9 Å². The average Bonchev–Trinajstić information content (AvgIpc) is 1.88. The molecule has 2 nitrogen and oxygen atoms in total. The molecule has 2 atom stereocenters. The van der Waals surface area contributed by atoms with E-state index in [1.807, 2.05) is 6.08 Å². The van der Waals surface area contributed by atoms with Crippen molar-refractivity contribution in [3.05, 3.63) is 12.2 Å². The summed E-state index contributed by atoms with van der Waals surface area (Å²) in [7, 11) is 0. The van der Waals surface area contributed by atoms with Crippen LogP contribution in [0.1, 0.15) is 12.8 Å². The maximum Gasteiger partial charge on any atom is 0.0483 e. The highest BCUT2D eigenvalue weighted by molar-refractivity contribution is 9.09. The lowest BCUT2D eigenvalue weighted by atomic mass is 9.96. The van der Waals surface area contributed by atoms with E-state index in [-0.39, 0.29) is 0 Å². The van der Waals surface area contributed by atoms with E-state index >= 15 is 0 Å². The van der Waals surface area contributed by atoms with Crippen LogP contribution in [0.2, 0.25) is 0 Å². The summed E-state index contributed by atoms with van der Waals surface area (Å²) in [5.41, 5.74) is 0. The lowest BCUT2D eigenvalue weighted by molar-refractivity contribution is -0.309. The molecular weight excluding hydrogens is 196 g/mol. The minimum absolute atomic E-state index is 0.306. The molecule has 0 aromatic carbocycles. The zero-order valence-electron chi connectivity index (χ0n) is 5.42. The van der Waals surface area contributed by atoms with Crippen LogP contribution in [0.4, 0.5) is 0 Å². The fourth-order valence-electron chi connectivity index (χ4n) is 1.02. The Morgan fingerprint density at radius 1 is 1.70 bits per heavy atom. The van der Waals surface area contributed by atoms with Crippen molar-refractivity contribution in [3.8, 4) is 0 Å². The van der Waals surface area contributed by atoms with E-state index in [0.717, 1.165) is 6.42 Å². The van der Waals surface area contributed by atoms with E-state index in [2.05, 4.69) is 15.9 Å². The fraction of sp³-hybridized carbons (Fsp3) is 0.571. The van der Waals surface area contributed by atoms with Crippen molar-refractivity contribution in [2.24, 2.45) is 5.92 Å². The van der Waals surface area contributed by atoms with Crippen LogP contribution in [-0.4, -0.2) is 10.8 Å². The number of carbonyl (C=O) groups is 1. The molecule has 0 fully saturated rings. The molecule has 0 aromatic rings. The average molecular weight is 204 g/mol. The highest BCUT2D eigenvalue weighted by atomic mass is 79.9. The summed E-state index contributed by atoms with van der Waals surface area (Å²) >= 11 is 3.35. The first-order valence-electron chi connectivity index (χ1n) is 3.21. The Labute approximate surface area is 68.1 Å². The molecule has 0 spiro atoms. The molecule has 1 aliphatic carbocycles. The van der Waals surface area contributed by atoms with Crippen molar-refractivity contribution >= 4 is 21.9 Å². The van der Waals surface area contributed by atoms with Gasteiger partial charge in [-0.15, -0.1) is 0 Å². The molecule has 0 aromatic heterocycles. The van der Waals surface area contributed by atoms with Gasteiger partial charge in [0.05, 0.1) is 0 Å². The number of hydrogen-bond donors (Lipinski definition) is 0. The Bertz CT molecular complexity index is 165. The Hall–Kier alpha value is -0.310. The number of alkyl halides is 1. The van der Waals surface area contributed by atoms with Crippen LogP contribution in [0.3, 0.4) is 0 Å². The van der Waals surface area contributed by atoms with Crippen LogP contribution < -0.4 is 5.11 Å². The summed E-state index contributed by atoms with van der Waals surface area (Å²) in [5, 5.41) is 10.3. The predicted octanol–water partition coefficient (Wildman–Crippen LogP) is 0.466. The second-order valence-electron chi connectivity index (χ2n) is 2.42. The molecule has 0 saturated carbocycles. The van der Waals surface area contributed by atoms with Crippen molar-refractivity contribution in [1.29, 1.82) is 0 Å². The van der Waals surface area contributed by atoms with Crippen LogP contribution in [0, 0.1) is 5.92 Å². The van der Waals surface area contributed by atoms with Crippen molar-refractivity contribution in [1.82, 2.24) is 0 Å². The summed E-state index contributed by atoms with van der Waals surface area (Å²) in [5.74, 6) is -1.36. The van der Waals surface area contributed by atoms with Crippen molar-refractivity contribution < 1.29 is 9.90 Å². The molecule has 0 N–H and O–H groups in total. The zero-order valence-corrected chi connectivity index (χ0v) is 7.00. The topological polar surface area (TPSA) is 40.1 Å². The summed E-state index contributed by atoms with van der Waals surface area (Å²) in [6.45, 7) is 0. The Kier molecular flexibility index (Phi) is 2.49. The normalized spacial score (nSPS) is 32.1. The molecule has 2 unspecified atom stereocenters. The quantitative estimate of drug-likeness (QED) is 0.460. The van der Waals surface area contributed by atoms with Gasteiger partial charge in [0.25, 0.3) is 0 Å². The minimum Gasteiger partial charge on any atom is -0.550 e. The maximum absolute atomic E-state index is 10.3. The minimum atomic E-state index is -0.972. The molecule has 56 valence electrons. The second-order valence-corrected chi connectivity index (χ2v) is 3.72. The monoisotopic (exact) mass is 203 g/mol. The van der Waals surface area contributed by atoms with Gasteiger partial charge in [-0.2, -0.15) is 0 Å². The molecule has 0 bridgehead atoms. The third-order valence-corrected chi connectivity index (χ3v) is 2.32. The van der Waals surface area contributed by atoms with Crippen molar-refractivity contribution in [2.75, 3.05) is 0 Å². The van der Waals surface area contributed by atoms with Gasteiger partial charge >= 0.3 is 0 Å². The molecular formula is C7H8BrO2-. The largest absolute Gasteiger partial charge is 0.550 e. The maximum atomic E-state index is 10.3. The first-order chi connectivity index (χ1) is 4.70. The summed E-state index contributed by atoms with van der Waals surface area (Å²) < 4.78 is 0. The lowest BCUT2D eigenvalue weighted by Crippen LogP contribution is -2.32. The molecule has 0 radical (unpaired) electrons. The molecule has 10 heavy (non-hydrogen) atoms. The van der Waals surface area contributed by atoms with Gasteiger partial charge in [-0.3, -0.25) is 0 Å². The van der Waals surface area contributed by atoms with Gasteiger partial charge in [0.15, 0.2) is 0 Å². The van der Waals surface area contributed by atoms with Gasteiger partial charge in [-0.05, 0) is 12.8 Å². The van der Waals surface area contributed by atoms with Crippen LogP contribution in [0.15, 0.2) is 12.2 Å². The van der Waals surface area contributed by atoms with E-state index in [1.54, 1.807) is 6.08 Å². The molecule has 0 aliphatic heterocycles. The summed E-state index contributed by atoms with van der Waals surface area (Å²) in [4.78, 5) is 10.6. The van der Waals surface area contributed by atoms with Crippen LogP contribution in [0.5, 0.6) is 0 Å². The Balaban J connectivity index is 2.55. The number of carbonyl (C=O) groups excluding carboxylic acids is 1. The number of aliphatic carboxylic acids is 1. The number of carboxylic acid groups (broad SMARTS) is 1. The fourth-order valence-corrected chi connectivity index (χ4v) is 1.63. The number of allylic oxidation sites excluding steroid dienone is 1. The zero-order chi connectivity index (χ0) is 7.56. The Morgan fingerprint density at radius 2 is 2.40 bits per heavy atom. The van der Waals surface area contributed by atoms with Crippen LogP contribution in [-0.2, 0) is 4.79 Å². The molecule has 0 amide bonds. The molecule has 1 aliphatic rings. The SMILES string of the molecule is O=C([O-])C1C=CCC(Br)C1. The van der Waals surface area contributed by atoms with E-state index in [9.17, 15) is 9.90 Å². The van der Waals surface area contributed by atoms with Gasteiger partial charge < -0.3 is 9.90 Å². The van der Waals surface area contributed by atoms with E-state index in [1.165, 1.54) is 0 Å². The number of carboxylic acids is 1. The highest BCUT2D eigenvalue weighted by Gasteiger charge is 2.15. The highest BCUT2D eigenvalue weighted by Crippen LogP contribution is 2.22. The third kappa shape index (κ3) is 1.84. The van der Waals surface area contributed by atoms with Gasteiger partial charge in [0.1, 0.15) is 0 Å². The standard InChI is InChI=1S/C7H9BrO2/c8-6-3-1-2-5(4-6)7(9)10/h1-2,5-6H,3-4H2,(H,9,10)/p-1. The number of halogens is 1. The molecule has 3 heteroatoms. The van der Waals surface area contributed by atoms with Gasteiger partial charge in [-0.1, -0.05) is 28.1 Å². The molecule has 1 rings (SSSR count). The predicted molar refractivity (Wildman–Crippen MR) is 39.6 cm³/mol. The van der Waals surface area contributed by atoms with Crippen molar-refractivity contribution in [2.45, 2.75) is 17.7 Å². The van der Waals surface area contributed by atoms with Crippen molar-refractivity contribution in [3.63, 3.8) is 0 Å². The third-order valence-electron chi connectivity index (χ3n) is 1.57. The summed E-state index contributed by atoms with van der Waals surface area (Å²) in [6.07, 6.45) is 5.15. The first kappa shape index (κ1) is 7.79. The first-order valence-corrected chi connectivity index (χ1v) is 4.13. The van der Waals surface area contributed by atoms with Gasteiger partial charge in [0, 0.05) is 16.7 Å². The van der Waals surface area contributed by atoms with E-state index < -0.39 is 11.9 Å². The smallest absolute Gasteiger partial charge is 0.0483 e. The second kappa shape index (κ2) is 3.19. The van der Waals surface area contributed by atoms with E-state index in [0.29, 0.717) is 11.2 Å². The molecule has 0 heterocycles. The Morgan fingerprint density at radius 3 is 2.80 bits per heavy atom. The number of rotatable bonds is 1.